The predicted molar refractivity (Wildman–Crippen MR) is 115 cm³/mol. The maximum absolute atomic E-state index is 9.78. The Labute approximate surface area is 171 Å². The molecule has 0 saturated heterocycles. The smallest absolute Gasteiger partial charge is 0.224 e. The third-order valence-corrected chi connectivity index (χ3v) is 5.25. The summed E-state index contributed by atoms with van der Waals surface area (Å²) in [4.78, 5) is 22.8. The van der Waals surface area contributed by atoms with Crippen LogP contribution in [0.2, 0.25) is 0 Å². The predicted octanol–water partition coefficient (Wildman–Crippen LogP) is 3.73. The van der Waals surface area contributed by atoms with E-state index >= 15 is 0 Å². The number of unbranched alkanes of at least 4 members (excludes halogenated alkanes) is 1. The SMILES string of the molecule is CCCCNc1ncc(-c2cc(NC3CC3)ncn2)c(N=C2CCC(O)CC2)n1. The zero-order valence-corrected chi connectivity index (χ0v) is 16.9. The summed E-state index contributed by atoms with van der Waals surface area (Å²) in [6.45, 7) is 2.99. The van der Waals surface area contributed by atoms with Crippen molar-refractivity contribution in [2.24, 2.45) is 4.99 Å². The van der Waals surface area contributed by atoms with Crippen molar-refractivity contribution in [3.05, 3.63) is 18.6 Å². The lowest BCUT2D eigenvalue weighted by Gasteiger charge is -2.18. The van der Waals surface area contributed by atoms with Crippen molar-refractivity contribution in [3.8, 4) is 11.3 Å². The first kappa shape index (κ1) is 19.7. The van der Waals surface area contributed by atoms with Gasteiger partial charge in [0.1, 0.15) is 12.1 Å². The van der Waals surface area contributed by atoms with E-state index in [2.05, 4.69) is 37.5 Å². The molecule has 0 atom stereocenters. The second-order valence-electron chi connectivity index (χ2n) is 7.83. The maximum atomic E-state index is 9.78. The molecular weight excluding hydrogens is 366 g/mol. The van der Waals surface area contributed by atoms with Gasteiger partial charge in [-0.25, -0.2) is 19.9 Å². The molecule has 0 aromatic carbocycles. The monoisotopic (exact) mass is 395 g/mol. The number of aliphatic hydroxyl groups is 1. The lowest BCUT2D eigenvalue weighted by molar-refractivity contribution is 0.152. The average molecular weight is 396 g/mol. The van der Waals surface area contributed by atoms with Crippen molar-refractivity contribution >= 4 is 23.3 Å². The van der Waals surface area contributed by atoms with Gasteiger partial charge in [-0.2, -0.15) is 4.98 Å². The zero-order chi connectivity index (χ0) is 20.1. The van der Waals surface area contributed by atoms with Crippen molar-refractivity contribution in [1.29, 1.82) is 0 Å². The quantitative estimate of drug-likeness (QED) is 0.584. The van der Waals surface area contributed by atoms with E-state index in [1.807, 2.05) is 6.07 Å². The molecule has 3 N–H and O–H groups in total. The minimum Gasteiger partial charge on any atom is -0.393 e. The van der Waals surface area contributed by atoms with Crippen molar-refractivity contribution in [2.45, 2.75) is 70.4 Å². The molecule has 0 spiro atoms. The molecule has 154 valence electrons. The normalized spacial score (nSPS) is 19.1. The van der Waals surface area contributed by atoms with Crippen molar-refractivity contribution in [1.82, 2.24) is 19.9 Å². The van der Waals surface area contributed by atoms with Crippen LogP contribution >= 0.6 is 0 Å². The third kappa shape index (κ3) is 5.47. The van der Waals surface area contributed by atoms with Crippen LogP contribution < -0.4 is 10.6 Å². The molecular formula is C21H29N7O. The van der Waals surface area contributed by atoms with E-state index in [9.17, 15) is 5.11 Å². The molecule has 2 saturated carbocycles. The highest BCUT2D eigenvalue weighted by Crippen LogP contribution is 2.31. The van der Waals surface area contributed by atoms with Gasteiger partial charge in [-0.05, 0) is 44.9 Å². The highest BCUT2D eigenvalue weighted by Gasteiger charge is 2.22. The summed E-state index contributed by atoms with van der Waals surface area (Å²) >= 11 is 0. The van der Waals surface area contributed by atoms with E-state index in [0.29, 0.717) is 17.8 Å². The lowest BCUT2D eigenvalue weighted by Crippen LogP contribution is -2.17. The summed E-state index contributed by atoms with van der Waals surface area (Å²) in [5, 5.41) is 16.5. The molecule has 0 aliphatic heterocycles. The molecule has 8 nitrogen and oxygen atoms in total. The number of aliphatic imine (C=N–C) groups is 1. The maximum Gasteiger partial charge on any atom is 0.224 e. The van der Waals surface area contributed by atoms with Crippen LogP contribution in [-0.2, 0) is 0 Å². The Bertz CT molecular complexity index is 856. The fourth-order valence-corrected chi connectivity index (χ4v) is 3.32. The minimum absolute atomic E-state index is 0.219. The Kier molecular flexibility index (Phi) is 6.29. The lowest BCUT2D eigenvalue weighted by atomic mass is 9.96. The van der Waals surface area contributed by atoms with E-state index in [1.165, 1.54) is 12.8 Å². The standard InChI is InChI=1S/C21H29N7O/c1-2-3-10-22-21-23-12-17(18-11-19(25-13-24-18)26-14-4-5-14)20(28-21)27-15-6-8-16(29)9-7-15/h11-14,16,29H,2-10H2,1H3,(H,22,23,28)(H,24,25,26). The van der Waals surface area contributed by atoms with Crippen molar-refractivity contribution in [3.63, 3.8) is 0 Å². The van der Waals surface area contributed by atoms with Gasteiger partial charge in [-0.1, -0.05) is 13.3 Å². The molecule has 29 heavy (non-hydrogen) atoms. The number of hydrogen-bond donors (Lipinski definition) is 3. The second-order valence-corrected chi connectivity index (χ2v) is 7.83. The molecule has 2 aromatic rings. The molecule has 2 fully saturated rings. The fraction of sp³-hybridized carbons (Fsp3) is 0.571. The van der Waals surface area contributed by atoms with Crippen LogP contribution in [0.5, 0.6) is 0 Å². The first-order valence-electron chi connectivity index (χ1n) is 10.7. The summed E-state index contributed by atoms with van der Waals surface area (Å²) < 4.78 is 0. The Morgan fingerprint density at radius 2 is 1.97 bits per heavy atom. The summed E-state index contributed by atoms with van der Waals surface area (Å²) in [6.07, 6.45) is 10.8. The van der Waals surface area contributed by atoms with Gasteiger partial charge in [-0.15, -0.1) is 0 Å². The van der Waals surface area contributed by atoms with Crippen LogP contribution in [-0.4, -0.2) is 49.4 Å². The van der Waals surface area contributed by atoms with Gasteiger partial charge in [0, 0.05) is 30.6 Å². The van der Waals surface area contributed by atoms with Gasteiger partial charge in [0.05, 0.1) is 17.4 Å². The number of nitrogens with one attached hydrogen (secondary N) is 2. The number of aliphatic hydroxyl groups excluding tert-OH is 1. The number of hydrogen-bond acceptors (Lipinski definition) is 8. The first-order chi connectivity index (χ1) is 14.2. The second kappa shape index (κ2) is 9.26. The number of nitrogens with zero attached hydrogens (tertiary/aromatic N) is 5. The Balaban J connectivity index is 1.63. The van der Waals surface area contributed by atoms with E-state index in [-0.39, 0.29) is 6.10 Å². The summed E-state index contributed by atoms with van der Waals surface area (Å²) in [7, 11) is 0. The molecule has 2 aliphatic rings. The molecule has 0 radical (unpaired) electrons. The van der Waals surface area contributed by atoms with Crippen LogP contribution in [0.15, 0.2) is 23.6 Å². The molecule has 0 amide bonds. The zero-order valence-electron chi connectivity index (χ0n) is 16.9. The minimum atomic E-state index is -0.219. The summed E-state index contributed by atoms with van der Waals surface area (Å²) in [5.74, 6) is 2.03. The van der Waals surface area contributed by atoms with Crippen LogP contribution in [0, 0.1) is 0 Å². The fourth-order valence-electron chi connectivity index (χ4n) is 3.32. The largest absolute Gasteiger partial charge is 0.393 e. The van der Waals surface area contributed by atoms with Crippen LogP contribution in [0.1, 0.15) is 58.3 Å². The highest BCUT2D eigenvalue weighted by atomic mass is 16.3. The van der Waals surface area contributed by atoms with Gasteiger partial charge in [0.25, 0.3) is 0 Å². The van der Waals surface area contributed by atoms with E-state index in [4.69, 9.17) is 4.99 Å². The van der Waals surface area contributed by atoms with E-state index in [1.54, 1.807) is 12.5 Å². The van der Waals surface area contributed by atoms with Crippen molar-refractivity contribution in [2.75, 3.05) is 17.2 Å². The topological polar surface area (TPSA) is 108 Å². The summed E-state index contributed by atoms with van der Waals surface area (Å²) in [5.41, 5.74) is 2.63. The molecule has 8 heteroatoms. The number of aromatic nitrogens is 4. The molecule has 0 bridgehead atoms. The first-order valence-corrected chi connectivity index (χ1v) is 10.7. The Morgan fingerprint density at radius 3 is 2.72 bits per heavy atom. The number of rotatable bonds is 8. The van der Waals surface area contributed by atoms with Gasteiger partial charge >= 0.3 is 0 Å². The Hall–Kier alpha value is -2.61. The third-order valence-electron chi connectivity index (χ3n) is 5.25. The molecule has 4 rings (SSSR count). The van der Waals surface area contributed by atoms with E-state index < -0.39 is 0 Å². The van der Waals surface area contributed by atoms with E-state index in [0.717, 1.165) is 67.9 Å². The summed E-state index contributed by atoms with van der Waals surface area (Å²) in [6, 6.07) is 2.46. The highest BCUT2D eigenvalue weighted by molar-refractivity contribution is 5.89. The average Bonchev–Trinajstić information content (AvgIpc) is 3.54. The van der Waals surface area contributed by atoms with Gasteiger partial charge < -0.3 is 15.7 Å². The molecule has 0 unspecified atom stereocenters. The van der Waals surface area contributed by atoms with Crippen LogP contribution in [0.25, 0.3) is 11.3 Å². The van der Waals surface area contributed by atoms with Crippen LogP contribution in [0.4, 0.5) is 17.6 Å². The molecule has 2 heterocycles. The molecule has 2 aromatic heterocycles. The van der Waals surface area contributed by atoms with Gasteiger partial charge in [0.2, 0.25) is 5.95 Å². The van der Waals surface area contributed by atoms with Gasteiger partial charge in [0.15, 0.2) is 5.82 Å². The van der Waals surface area contributed by atoms with Gasteiger partial charge in [-0.3, -0.25) is 0 Å². The number of anilines is 2. The van der Waals surface area contributed by atoms with Crippen LogP contribution in [0.3, 0.4) is 0 Å². The molecule has 2 aliphatic carbocycles. The Morgan fingerprint density at radius 1 is 1.14 bits per heavy atom. The van der Waals surface area contributed by atoms with Crippen molar-refractivity contribution < 1.29 is 5.11 Å².